The van der Waals surface area contributed by atoms with Crippen molar-refractivity contribution in [3.8, 4) is 6.07 Å². The van der Waals surface area contributed by atoms with Gasteiger partial charge in [0.05, 0.1) is 0 Å². The van der Waals surface area contributed by atoms with Gasteiger partial charge in [0, 0.05) is 25.5 Å². The third-order valence-electron chi connectivity index (χ3n) is 3.47. The van der Waals surface area contributed by atoms with E-state index in [0.29, 0.717) is 16.8 Å². The van der Waals surface area contributed by atoms with E-state index in [2.05, 4.69) is 4.98 Å². The molecule has 0 aromatic carbocycles. The van der Waals surface area contributed by atoms with Gasteiger partial charge in [0.1, 0.15) is 11.6 Å². The Bertz CT molecular complexity index is 1000. The largest absolute Gasteiger partial charge is 0.421 e. The summed E-state index contributed by atoms with van der Waals surface area (Å²) in [5.74, 6) is -0.519. The normalized spacial score (nSPS) is 10.7. The summed E-state index contributed by atoms with van der Waals surface area (Å²) in [7, 11) is 0. The molecular formula is C15H12N4O3. The summed E-state index contributed by atoms with van der Waals surface area (Å²) in [6.45, 7) is 2.19. The van der Waals surface area contributed by atoms with E-state index in [4.69, 9.17) is 9.68 Å². The first-order valence-corrected chi connectivity index (χ1v) is 6.66. The van der Waals surface area contributed by atoms with Gasteiger partial charge in [0.15, 0.2) is 11.2 Å². The van der Waals surface area contributed by atoms with E-state index in [1.54, 1.807) is 37.5 Å². The molecule has 0 atom stereocenters. The Morgan fingerprint density at radius 1 is 1.32 bits per heavy atom. The molecular weight excluding hydrogens is 284 g/mol. The Balaban J connectivity index is 1.96. The molecule has 0 radical (unpaired) electrons. The van der Waals surface area contributed by atoms with Crippen LogP contribution in [0.5, 0.6) is 0 Å². The van der Waals surface area contributed by atoms with Gasteiger partial charge >= 0.3 is 5.76 Å². The summed E-state index contributed by atoms with van der Waals surface area (Å²) in [4.78, 5) is 28.1. The average Bonchev–Trinajstić information content (AvgIpc) is 2.83. The van der Waals surface area contributed by atoms with Gasteiger partial charge in [-0.15, -0.1) is 0 Å². The van der Waals surface area contributed by atoms with E-state index in [9.17, 15) is 9.59 Å². The average molecular weight is 296 g/mol. The Hall–Kier alpha value is -3.14. The second-order valence-corrected chi connectivity index (χ2v) is 4.83. The molecule has 0 amide bonds. The molecule has 22 heavy (non-hydrogen) atoms. The van der Waals surface area contributed by atoms with Crippen molar-refractivity contribution in [1.29, 1.82) is 5.26 Å². The van der Waals surface area contributed by atoms with Crippen molar-refractivity contribution in [3.63, 3.8) is 0 Å². The van der Waals surface area contributed by atoms with Crippen molar-refractivity contribution in [2.75, 3.05) is 0 Å². The fraction of sp³-hybridized carbons (Fsp3) is 0.200. The third kappa shape index (κ3) is 2.20. The fourth-order valence-corrected chi connectivity index (χ4v) is 2.28. The standard InChI is InChI=1S/C15H12N4O3/c1-10-4-6-18(14(20)11(10)9-16)7-8-19-13-12(22-15(19)21)3-2-5-17-13/h2-6H,7-8H2,1H3. The number of rotatable bonds is 3. The highest BCUT2D eigenvalue weighted by molar-refractivity contribution is 5.67. The lowest BCUT2D eigenvalue weighted by molar-refractivity contribution is 0.480. The first kappa shape index (κ1) is 13.8. The summed E-state index contributed by atoms with van der Waals surface area (Å²) < 4.78 is 7.86. The third-order valence-corrected chi connectivity index (χ3v) is 3.47. The van der Waals surface area contributed by atoms with Gasteiger partial charge < -0.3 is 8.98 Å². The minimum absolute atomic E-state index is 0.116. The zero-order chi connectivity index (χ0) is 15.7. The predicted molar refractivity (Wildman–Crippen MR) is 78.4 cm³/mol. The molecule has 0 aliphatic heterocycles. The minimum Gasteiger partial charge on any atom is -0.406 e. The number of hydrogen-bond acceptors (Lipinski definition) is 5. The Kier molecular flexibility index (Phi) is 3.35. The first-order valence-electron chi connectivity index (χ1n) is 6.66. The Morgan fingerprint density at radius 3 is 2.91 bits per heavy atom. The van der Waals surface area contributed by atoms with Crippen LogP contribution in [0.15, 0.2) is 44.6 Å². The van der Waals surface area contributed by atoms with Crippen LogP contribution < -0.4 is 11.3 Å². The van der Waals surface area contributed by atoms with Gasteiger partial charge in [-0.3, -0.25) is 9.36 Å². The smallest absolute Gasteiger partial charge is 0.406 e. The van der Waals surface area contributed by atoms with Gasteiger partial charge in [-0.05, 0) is 30.7 Å². The number of oxazole rings is 1. The van der Waals surface area contributed by atoms with E-state index in [1.807, 2.05) is 6.07 Å². The maximum absolute atomic E-state index is 12.1. The van der Waals surface area contributed by atoms with Gasteiger partial charge in [0.2, 0.25) is 0 Å². The number of aryl methyl sites for hydroxylation is 3. The molecule has 0 aliphatic rings. The van der Waals surface area contributed by atoms with Crippen LogP contribution in [0, 0.1) is 18.3 Å². The lowest BCUT2D eigenvalue weighted by atomic mass is 10.2. The van der Waals surface area contributed by atoms with E-state index in [1.165, 1.54) is 9.13 Å². The van der Waals surface area contributed by atoms with Crippen LogP contribution in [-0.2, 0) is 13.1 Å². The highest BCUT2D eigenvalue weighted by Gasteiger charge is 2.11. The Labute approximate surface area is 124 Å². The van der Waals surface area contributed by atoms with Crippen molar-refractivity contribution >= 4 is 11.2 Å². The number of pyridine rings is 2. The molecule has 3 aromatic rings. The number of nitriles is 1. The monoisotopic (exact) mass is 296 g/mol. The molecule has 0 saturated heterocycles. The van der Waals surface area contributed by atoms with Crippen LogP contribution in [0.1, 0.15) is 11.1 Å². The molecule has 0 spiro atoms. The van der Waals surface area contributed by atoms with E-state index >= 15 is 0 Å². The highest BCUT2D eigenvalue weighted by atomic mass is 16.4. The van der Waals surface area contributed by atoms with Crippen molar-refractivity contribution in [2.45, 2.75) is 20.0 Å². The molecule has 0 N–H and O–H groups in total. The zero-order valence-corrected chi connectivity index (χ0v) is 11.8. The van der Waals surface area contributed by atoms with E-state index in [-0.39, 0.29) is 24.2 Å². The van der Waals surface area contributed by atoms with Crippen LogP contribution in [0.4, 0.5) is 0 Å². The van der Waals surface area contributed by atoms with Gasteiger partial charge in [-0.1, -0.05) is 0 Å². The number of fused-ring (bicyclic) bond motifs is 1. The highest BCUT2D eigenvalue weighted by Crippen LogP contribution is 2.08. The molecule has 0 aliphatic carbocycles. The number of nitrogens with zero attached hydrogens (tertiary/aromatic N) is 4. The summed E-state index contributed by atoms with van der Waals surface area (Å²) >= 11 is 0. The lowest BCUT2D eigenvalue weighted by Crippen LogP contribution is -2.27. The molecule has 0 unspecified atom stereocenters. The summed E-state index contributed by atoms with van der Waals surface area (Å²) in [5, 5.41) is 9.02. The molecule has 7 heteroatoms. The van der Waals surface area contributed by atoms with Crippen molar-refractivity contribution < 1.29 is 4.42 Å². The molecule has 7 nitrogen and oxygen atoms in total. The van der Waals surface area contributed by atoms with Crippen LogP contribution >= 0.6 is 0 Å². The molecule has 3 rings (SSSR count). The second-order valence-electron chi connectivity index (χ2n) is 4.83. The van der Waals surface area contributed by atoms with Crippen LogP contribution in [0.3, 0.4) is 0 Å². The van der Waals surface area contributed by atoms with Crippen molar-refractivity contribution in [1.82, 2.24) is 14.1 Å². The molecule has 0 bridgehead atoms. The van der Waals surface area contributed by atoms with Gasteiger partial charge in [-0.2, -0.15) is 5.26 Å². The van der Waals surface area contributed by atoms with Crippen LogP contribution in [0.2, 0.25) is 0 Å². The molecule has 0 saturated carbocycles. The summed E-state index contributed by atoms with van der Waals surface area (Å²) in [5.41, 5.74) is 1.23. The maximum atomic E-state index is 12.1. The van der Waals surface area contributed by atoms with Crippen LogP contribution in [0.25, 0.3) is 11.2 Å². The fourth-order valence-electron chi connectivity index (χ4n) is 2.28. The minimum atomic E-state index is -0.519. The summed E-state index contributed by atoms with van der Waals surface area (Å²) in [6.07, 6.45) is 3.18. The lowest BCUT2D eigenvalue weighted by Gasteiger charge is -2.07. The molecule has 110 valence electrons. The topological polar surface area (TPSA) is 93.8 Å². The first-order chi connectivity index (χ1) is 10.6. The number of aromatic nitrogens is 3. The summed E-state index contributed by atoms with van der Waals surface area (Å²) in [6, 6.07) is 6.95. The quantitative estimate of drug-likeness (QED) is 0.719. The zero-order valence-electron chi connectivity index (χ0n) is 11.8. The van der Waals surface area contributed by atoms with Crippen LogP contribution in [-0.4, -0.2) is 14.1 Å². The van der Waals surface area contributed by atoms with Gasteiger partial charge in [-0.25, -0.2) is 9.78 Å². The number of hydrogen-bond donors (Lipinski definition) is 0. The maximum Gasteiger partial charge on any atom is 0.421 e. The van der Waals surface area contributed by atoms with E-state index in [0.717, 1.165) is 0 Å². The van der Waals surface area contributed by atoms with E-state index < -0.39 is 5.76 Å². The molecule has 3 aromatic heterocycles. The van der Waals surface area contributed by atoms with Gasteiger partial charge in [0.25, 0.3) is 5.56 Å². The van der Waals surface area contributed by atoms with Crippen molar-refractivity contribution in [2.24, 2.45) is 0 Å². The SMILES string of the molecule is Cc1ccn(CCn2c(=O)oc3cccnc32)c(=O)c1C#N. The second kappa shape index (κ2) is 5.33. The predicted octanol–water partition coefficient (Wildman–Crippen LogP) is 1.03. The molecule has 0 fully saturated rings. The molecule has 3 heterocycles. The Morgan fingerprint density at radius 2 is 2.14 bits per heavy atom. The van der Waals surface area contributed by atoms with Crippen molar-refractivity contribution in [3.05, 3.63) is 62.6 Å².